The number of ether oxygens (including phenoxy) is 1. The van der Waals surface area contributed by atoms with Crippen LogP contribution in [-0.2, 0) is 12.8 Å². The minimum Gasteiger partial charge on any atom is -0.484 e. The van der Waals surface area contributed by atoms with E-state index in [1.807, 2.05) is 0 Å². The van der Waals surface area contributed by atoms with E-state index >= 15 is 0 Å². The molecule has 0 bridgehead atoms. The Morgan fingerprint density at radius 2 is 1.73 bits per heavy atom. The van der Waals surface area contributed by atoms with Gasteiger partial charge in [-0.05, 0) is 36.4 Å². The third-order valence-corrected chi connectivity index (χ3v) is 3.44. The molecule has 2 N–H and O–H groups in total. The van der Waals surface area contributed by atoms with E-state index in [9.17, 15) is 18.0 Å². The Bertz CT molecular complexity index is 903. The molecular formula is C17H12F3N3O3. The highest BCUT2D eigenvalue weighted by atomic mass is 19.4. The summed E-state index contributed by atoms with van der Waals surface area (Å²) in [6.07, 6.45) is -4.40. The summed E-state index contributed by atoms with van der Waals surface area (Å²) in [4.78, 5) is 15.1. The van der Waals surface area contributed by atoms with Crippen molar-refractivity contribution in [1.29, 1.82) is 0 Å². The summed E-state index contributed by atoms with van der Waals surface area (Å²) < 4.78 is 48.2. The molecule has 0 aliphatic rings. The van der Waals surface area contributed by atoms with Crippen molar-refractivity contribution in [2.24, 2.45) is 5.73 Å². The van der Waals surface area contributed by atoms with Crippen LogP contribution >= 0.6 is 0 Å². The van der Waals surface area contributed by atoms with Crippen molar-refractivity contribution in [1.82, 2.24) is 10.1 Å². The molecule has 0 radical (unpaired) electrons. The maximum absolute atomic E-state index is 12.6. The highest BCUT2D eigenvalue weighted by molar-refractivity contribution is 5.92. The predicted octanol–water partition coefficient (Wildman–Crippen LogP) is 3.43. The molecule has 134 valence electrons. The molecule has 1 heterocycles. The zero-order chi connectivity index (χ0) is 18.7. The van der Waals surface area contributed by atoms with E-state index in [0.29, 0.717) is 16.9 Å². The number of hydrogen-bond donors (Lipinski definition) is 1. The summed E-state index contributed by atoms with van der Waals surface area (Å²) in [5, 5.41) is 3.72. The Kier molecular flexibility index (Phi) is 4.61. The van der Waals surface area contributed by atoms with Gasteiger partial charge in [-0.1, -0.05) is 17.3 Å². The number of carbonyl (C=O) groups is 1. The van der Waals surface area contributed by atoms with Gasteiger partial charge in [0, 0.05) is 11.1 Å². The summed E-state index contributed by atoms with van der Waals surface area (Å²) in [6, 6.07) is 10.6. The summed E-state index contributed by atoms with van der Waals surface area (Å²) in [6.45, 7) is -0.0381. The van der Waals surface area contributed by atoms with Gasteiger partial charge in [-0.3, -0.25) is 4.79 Å². The van der Waals surface area contributed by atoms with E-state index in [4.69, 9.17) is 15.0 Å². The van der Waals surface area contributed by atoms with Crippen LogP contribution < -0.4 is 10.5 Å². The normalized spacial score (nSPS) is 11.3. The van der Waals surface area contributed by atoms with E-state index in [1.165, 1.54) is 24.3 Å². The lowest BCUT2D eigenvalue weighted by atomic mass is 10.1. The fourth-order valence-corrected chi connectivity index (χ4v) is 2.10. The van der Waals surface area contributed by atoms with Crippen LogP contribution in [0, 0.1) is 0 Å². The van der Waals surface area contributed by atoms with E-state index < -0.39 is 17.6 Å². The quantitative estimate of drug-likeness (QED) is 0.750. The summed E-state index contributed by atoms with van der Waals surface area (Å²) in [5.41, 5.74) is 5.12. The molecule has 26 heavy (non-hydrogen) atoms. The first-order chi connectivity index (χ1) is 12.3. The maximum atomic E-state index is 12.6. The van der Waals surface area contributed by atoms with Gasteiger partial charge in [-0.2, -0.15) is 18.2 Å². The van der Waals surface area contributed by atoms with E-state index in [1.54, 1.807) is 12.1 Å². The molecule has 2 aromatic carbocycles. The summed E-state index contributed by atoms with van der Waals surface area (Å²) in [5.74, 6) is 0.221. The van der Waals surface area contributed by atoms with Crippen LogP contribution in [0.25, 0.3) is 11.4 Å². The second-order valence-corrected chi connectivity index (χ2v) is 5.26. The molecule has 3 rings (SSSR count). The molecule has 0 aliphatic carbocycles. The molecule has 0 saturated carbocycles. The Hall–Kier alpha value is -3.36. The van der Waals surface area contributed by atoms with Gasteiger partial charge >= 0.3 is 6.18 Å². The van der Waals surface area contributed by atoms with Crippen molar-refractivity contribution in [3.05, 3.63) is 65.5 Å². The van der Waals surface area contributed by atoms with Crippen LogP contribution in [-0.4, -0.2) is 16.0 Å². The average Bonchev–Trinajstić information content (AvgIpc) is 3.09. The number of rotatable bonds is 5. The van der Waals surface area contributed by atoms with Crippen molar-refractivity contribution in [3.63, 3.8) is 0 Å². The first-order valence-electron chi connectivity index (χ1n) is 7.36. The van der Waals surface area contributed by atoms with Crippen LogP contribution in [0.4, 0.5) is 13.2 Å². The minimum atomic E-state index is -4.40. The fourth-order valence-electron chi connectivity index (χ4n) is 2.10. The number of aromatic nitrogens is 2. The van der Waals surface area contributed by atoms with Crippen molar-refractivity contribution < 1.29 is 27.2 Å². The van der Waals surface area contributed by atoms with Gasteiger partial charge in [0.05, 0.1) is 5.56 Å². The van der Waals surface area contributed by atoms with Crippen molar-refractivity contribution in [2.45, 2.75) is 12.8 Å². The number of nitrogens with two attached hydrogens (primary N) is 1. The van der Waals surface area contributed by atoms with E-state index in [0.717, 1.165) is 12.1 Å². The maximum Gasteiger partial charge on any atom is 0.416 e. The molecule has 0 aliphatic heterocycles. The molecular weight excluding hydrogens is 351 g/mol. The van der Waals surface area contributed by atoms with Gasteiger partial charge in [0.25, 0.3) is 5.89 Å². The lowest BCUT2D eigenvalue weighted by molar-refractivity contribution is -0.137. The molecule has 3 aromatic rings. The number of amides is 1. The average molecular weight is 363 g/mol. The Balaban J connectivity index is 1.65. The first kappa shape index (κ1) is 17.5. The molecule has 1 aromatic heterocycles. The number of carbonyl (C=O) groups excluding carboxylic acids is 1. The van der Waals surface area contributed by atoms with Crippen LogP contribution in [0.2, 0.25) is 0 Å². The monoisotopic (exact) mass is 363 g/mol. The third-order valence-electron chi connectivity index (χ3n) is 3.44. The van der Waals surface area contributed by atoms with Crippen molar-refractivity contribution in [2.75, 3.05) is 0 Å². The topological polar surface area (TPSA) is 91.2 Å². The standard InChI is InChI=1S/C17H12F3N3O3/c18-17(19,20)12-5-1-11(2-6-12)16-22-14(26-23-16)9-25-13-7-3-10(4-8-13)15(21)24/h1-8H,9H2,(H2,21,24). The Morgan fingerprint density at radius 3 is 2.31 bits per heavy atom. The Labute approximate surface area is 145 Å². The minimum absolute atomic E-state index is 0.0381. The molecule has 9 heteroatoms. The van der Waals surface area contributed by atoms with Gasteiger partial charge in [0.1, 0.15) is 5.75 Å². The Morgan fingerprint density at radius 1 is 1.08 bits per heavy atom. The molecule has 1 amide bonds. The number of benzene rings is 2. The number of alkyl halides is 3. The van der Waals surface area contributed by atoms with Crippen LogP contribution in [0.15, 0.2) is 53.1 Å². The number of halogens is 3. The van der Waals surface area contributed by atoms with E-state index in [2.05, 4.69) is 10.1 Å². The van der Waals surface area contributed by atoms with Gasteiger partial charge in [-0.25, -0.2) is 0 Å². The van der Waals surface area contributed by atoms with Crippen molar-refractivity contribution >= 4 is 5.91 Å². The predicted molar refractivity (Wildman–Crippen MR) is 84.0 cm³/mol. The number of hydrogen-bond acceptors (Lipinski definition) is 5. The lowest BCUT2D eigenvalue weighted by Gasteiger charge is -2.05. The number of primary amides is 1. The van der Waals surface area contributed by atoms with Crippen molar-refractivity contribution in [3.8, 4) is 17.1 Å². The zero-order valence-electron chi connectivity index (χ0n) is 13.2. The van der Waals surface area contributed by atoms with E-state index in [-0.39, 0.29) is 18.3 Å². The molecule has 0 saturated heterocycles. The second-order valence-electron chi connectivity index (χ2n) is 5.26. The van der Waals surface area contributed by atoms with Gasteiger partial charge < -0.3 is 15.0 Å². The zero-order valence-corrected chi connectivity index (χ0v) is 13.2. The smallest absolute Gasteiger partial charge is 0.416 e. The highest BCUT2D eigenvalue weighted by Gasteiger charge is 2.30. The largest absolute Gasteiger partial charge is 0.484 e. The highest BCUT2D eigenvalue weighted by Crippen LogP contribution is 2.30. The number of nitrogens with zero attached hydrogens (tertiary/aromatic N) is 2. The summed E-state index contributed by atoms with van der Waals surface area (Å²) in [7, 11) is 0. The van der Waals surface area contributed by atoms with Gasteiger partial charge in [-0.15, -0.1) is 0 Å². The molecule has 6 nitrogen and oxygen atoms in total. The second kappa shape index (κ2) is 6.87. The molecule has 0 atom stereocenters. The third kappa shape index (κ3) is 4.00. The first-order valence-corrected chi connectivity index (χ1v) is 7.36. The summed E-state index contributed by atoms with van der Waals surface area (Å²) >= 11 is 0. The fraction of sp³-hybridized carbons (Fsp3) is 0.118. The van der Waals surface area contributed by atoms with Crippen LogP contribution in [0.5, 0.6) is 5.75 Å². The van der Waals surface area contributed by atoms with Gasteiger partial charge in [0.2, 0.25) is 11.7 Å². The van der Waals surface area contributed by atoms with Crippen LogP contribution in [0.1, 0.15) is 21.8 Å². The lowest BCUT2D eigenvalue weighted by Crippen LogP contribution is -2.10. The molecule has 0 fully saturated rings. The molecule has 0 spiro atoms. The van der Waals surface area contributed by atoms with Gasteiger partial charge in [0.15, 0.2) is 6.61 Å². The van der Waals surface area contributed by atoms with Crippen LogP contribution in [0.3, 0.4) is 0 Å². The SMILES string of the molecule is NC(=O)c1ccc(OCc2nc(-c3ccc(C(F)(F)F)cc3)no2)cc1. The molecule has 0 unspecified atom stereocenters.